The molecule has 0 N–H and O–H groups in total. The first-order valence-electron chi connectivity index (χ1n) is 9.46. The van der Waals surface area contributed by atoms with E-state index in [4.69, 9.17) is 4.74 Å². The molecular formula is C23H22FNO4S. The zero-order valence-corrected chi connectivity index (χ0v) is 17.3. The second-order valence-corrected chi connectivity index (χ2v) is 8.57. The third-order valence-corrected chi connectivity index (χ3v) is 6.28. The molecule has 0 saturated heterocycles. The second-order valence-electron chi connectivity index (χ2n) is 6.63. The lowest BCUT2D eigenvalue weighted by atomic mass is 10.1. The quantitative estimate of drug-likeness (QED) is 0.500. The Labute approximate surface area is 175 Å². The van der Waals surface area contributed by atoms with Crippen LogP contribution < -0.4 is 0 Å². The number of hydrogen-bond acceptors (Lipinski definition) is 4. The first-order valence-corrected chi connectivity index (χ1v) is 10.9. The van der Waals surface area contributed by atoms with Gasteiger partial charge >= 0.3 is 5.97 Å². The highest BCUT2D eigenvalue weighted by Crippen LogP contribution is 2.22. The second kappa shape index (κ2) is 9.65. The number of carbonyl (C=O) groups excluding carboxylic acids is 1. The van der Waals surface area contributed by atoms with E-state index in [9.17, 15) is 17.6 Å². The lowest BCUT2D eigenvalue weighted by molar-refractivity contribution is 0.0526. The molecule has 0 saturated carbocycles. The summed E-state index contributed by atoms with van der Waals surface area (Å²) in [5.41, 5.74) is 1.94. The number of halogens is 1. The Hall–Kier alpha value is -3.03. The molecule has 0 radical (unpaired) electrons. The maximum absolute atomic E-state index is 13.3. The van der Waals surface area contributed by atoms with Crippen LogP contribution in [0.4, 0.5) is 4.39 Å². The normalized spacial score (nSPS) is 11.4. The molecule has 0 fully saturated rings. The van der Waals surface area contributed by atoms with E-state index in [1.165, 1.54) is 16.4 Å². The lowest BCUT2D eigenvalue weighted by Crippen LogP contribution is -2.30. The molecule has 0 aliphatic carbocycles. The molecule has 0 atom stereocenters. The van der Waals surface area contributed by atoms with Gasteiger partial charge in [0.15, 0.2) is 0 Å². The molecule has 0 aliphatic rings. The summed E-state index contributed by atoms with van der Waals surface area (Å²) < 4.78 is 46.1. The zero-order chi connectivity index (χ0) is 21.6. The molecule has 0 unspecified atom stereocenters. The molecule has 0 spiro atoms. The lowest BCUT2D eigenvalue weighted by Gasteiger charge is -2.23. The molecular weight excluding hydrogens is 405 g/mol. The van der Waals surface area contributed by atoms with Crippen molar-refractivity contribution in [1.82, 2.24) is 4.31 Å². The van der Waals surface area contributed by atoms with Gasteiger partial charge in [-0.25, -0.2) is 17.6 Å². The van der Waals surface area contributed by atoms with Gasteiger partial charge in [-0.3, -0.25) is 0 Å². The molecule has 0 amide bonds. The number of carbonyl (C=O) groups is 1. The van der Waals surface area contributed by atoms with Crippen LogP contribution in [0.1, 0.15) is 28.4 Å². The first kappa shape index (κ1) is 21.7. The summed E-state index contributed by atoms with van der Waals surface area (Å²) in [5.74, 6) is -0.928. The molecule has 0 bridgehead atoms. The van der Waals surface area contributed by atoms with Gasteiger partial charge in [0.1, 0.15) is 5.82 Å². The van der Waals surface area contributed by atoms with Crippen LogP contribution in [0, 0.1) is 5.82 Å². The Balaban J connectivity index is 1.90. The highest BCUT2D eigenvalue weighted by atomic mass is 32.2. The number of sulfonamides is 1. The Kier molecular flexibility index (Phi) is 6.97. The van der Waals surface area contributed by atoms with Crippen molar-refractivity contribution < 1.29 is 22.3 Å². The van der Waals surface area contributed by atoms with E-state index in [0.29, 0.717) is 11.1 Å². The van der Waals surface area contributed by atoms with Crippen LogP contribution in [-0.4, -0.2) is 25.3 Å². The van der Waals surface area contributed by atoms with Crippen molar-refractivity contribution in [2.45, 2.75) is 24.9 Å². The van der Waals surface area contributed by atoms with Crippen LogP contribution in [0.5, 0.6) is 0 Å². The van der Waals surface area contributed by atoms with Crippen LogP contribution >= 0.6 is 0 Å². The minimum atomic E-state index is -3.87. The third-order valence-electron chi connectivity index (χ3n) is 4.48. The number of ether oxygens (including phenoxy) is 1. The largest absolute Gasteiger partial charge is 0.462 e. The number of rotatable bonds is 8. The van der Waals surface area contributed by atoms with Gasteiger partial charge in [0.2, 0.25) is 10.0 Å². The topological polar surface area (TPSA) is 63.7 Å². The van der Waals surface area contributed by atoms with Crippen molar-refractivity contribution >= 4 is 16.0 Å². The molecule has 3 rings (SSSR count). The minimum absolute atomic E-state index is 0.0166. The summed E-state index contributed by atoms with van der Waals surface area (Å²) in [6, 6.07) is 20.6. The average molecular weight is 427 g/mol. The van der Waals surface area contributed by atoms with Crippen molar-refractivity contribution in [3.05, 3.63) is 101 Å². The van der Waals surface area contributed by atoms with Crippen LogP contribution in [0.2, 0.25) is 0 Å². The molecule has 3 aromatic rings. The van der Waals surface area contributed by atoms with Gasteiger partial charge < -0.3 is 4.74 Å². The van der Waals surface area contributed by atoms with Crippen molar-refractivity contribution in [2.75, 3.05) is 6.61 Å². The molecule has 0 heterocycles. The number of esters is 1. The predicted octanol–water partition coefficient (Wildman–Crippen LogP) is 4.39. The number of nitrogens with zero attached hydrogens (tertiary/aromatic N) is 1. The van der Waals surface area contributed by atoms with E-state index in [2.05, 4.69) is 0 Å². The molecule has 3 aromatic carbocycles. The maximum Gasteiger partial charge on any atom is 0.338 e. The van der Waals surface area contributed by atoms with Crippen molar-refractivity contribution in [2.24, 2.45) is 0 Å². The summed E-state index contributed by atoms with van der Waals surface area (Å²) in [5, 5.41) is 0. The van der Waals surface area contributed by atoms with Gasteiger partial charge in [-0.2, -0.15) is 4.31 Å². The SMILES string of the molecule is CCOC(=O)c1ccc(CN(Cc2ccccc2)S(=O)(=O)c2ccc(F)cc2)cc1. The van der Waals surface area contributed by atoms with Crippen molar-refractivity contribution in [3.8, 4) is 0 Å². The van der Waals surface area contributed by atoms with Gasteiger partial charge in [-0.05, 0) is 54.4 Å². The highest BCUT2D eigenvalue weighted by Gasteiger charge is 2.25. The Morgan fingerprint density at radius 2 is 1.43 bits per heavy atom. The highest BCUT2D eigenvalue weighted by molar-refractivity contribution is 7.89. The smallest absolute Gasteiger partial charge is 0.338 e. The Morgan fingerprint density at radius 1 is 0.867 bits per heavy atom. The van der Waals surface area contributed by atoms with Crippen LogP contribution in [0.15, 0.2) is 83.8 Å². The van der Waals surface area contributed by atoms with Gasteiger partial charge in [-0.1, -0.05) is 42.5 Å². The fourth-order valence-corrected chi connectivity index (χ4v) is 4.35. The van der Waals surface area contributed by atoms with E-state index in [1.54, 1.807) is 31.2 Å². The van der Waals surface area contributed by atoms with Gasteiger partial charge in [0, 0.05) is 13.1 Å². The Bertz CT molecular complexity index is 1080. The van der Waals surface area contributed by atoms with Crippen molar-refractivity contribution in [1.29, 1.82) is 0 Å². The predicted molar refractivity (Wildman–Crippen MR) is 112 cm³/mol. The molecule has 7 heteroatoms. The summed E-state index contributed by atoms with van der Waals surface area (Å²) in [4.78, 5) is 11.8. The number of benzene rings is 3. The van der Waals surface area contributed by atoms with Gasteiger partial charge in [0.25, 0.3) is 0 Å². The fraction of sp³-hybridized carbons (Fsp3) is 0.174. The van der Waals surface area contributed by atoms with Crippen LogP contribution in [0.3, 0.4) is 0 Å². The molecule has 156 valence electrons. The first-order chi connectivity index (χ1) is 14.4. The minimum Gasteiger partial charge on any atom is -0.462 e. The average Bonchev–Trinajstić information content (AvgIpc) is 2.75. The summed E-state index contributed by atoms with van der Waals surface area (Å²) in [7, 11) is -3.87. The maximum atomic E-state index is 13.3. The molecule has 0 aromatic heterocycles. The van der Waals surface area contributed by atoms with E-state index in [-0.39, 0.29) is 24.6 Å². The number of hydrogen-bond donors (Lipinski definition) is 0. The van der Waals surface area contributed by atoms with Crippen molar-refractivity contribution in [3.63, 3.8) is 0 Å². The molecule has 0 aliphatic heterocycles. The standard InChI is InChI=1S/C23H22FNO4S/c1-2-29-23(26)20-10-8-19(9-11-20)17-25(16-18-6-4-3-5-7-18)30(27,28)22-14-12-21(24)13-15-22/h3-15H,2,16-17H2,1H3. The third kappa shape index (κ3) is 5.31. The van der Waals surface area contributed by atoms with Crippen LogP contribution in [-0.2, 0) is 27.8 Å². The Morgan fingerprint density at radius 3 is 2.00 bits per heavy atom. The van der Waals surface area contributed by atoms with E-state index < -0.39 is 21.8 Å². The van der Waals surface area contributed by atoms with E-state index in [1.807, 2.05) is 30.3 Å². The summed E-state index contributed by atoms with van der Waals surface area (Å²) in [6.07, 6.45) is 0. The molecule has 5 nitrogen and oxygen atoms in total. The van der Waals surface area contributed by atoms with Gasteiger partial charge in [-0.15, -0.1) is 0 Å². The molecule has 30 heavy (non-hydrogen) atoms. The van der Waals surface area contributed by atoms with E-state index >= 15 is 0 Å². The van der Waals surface area contributed by atoms with Gasteiger partial charge in [0.05, 0.1) is 17.1 Å². The summed E-state index contributed by atoms with van der Waals surface area (Å²) >= 11 is 0. The fourth-order valence-electron chi connectivity index (χ4n) is 2.93. The monoisotopic (exact) mass is 427 g/mol. The van der Waals surface area contributed by atoms with Crippen LogP contribution in [0.25, 0.3) is 0 Å². The van der Waals surface area contributed by atoms with E-state index in [0.717, 1.165) is 17.7 Å². The summed E-state index contributed by atoms with van der Waals surface area (Å²) in [6.45, 7) is 2.26. The zero-order valence-electron chi connectivity index (χ0n) is 16.5.